The lowest BCUT2D eigenvalue weighted by molar-refractivity contribution is 0.308. The standard InChI is InChI=1S/C17H26N4/c1-13-10-18-17(19-13)12-21(5)11-15-7-6-8-16(9-15)14(2)20(3)4/h6-10,14H,11-12H2,1-5H3,(H,18,19)/t14-/m1/s1. The van der Waals surface area contributed by atoms with Crippen LogP contribution >= 0.6 is 0 Å². The van der Waals surface area contributed by atoms with Gasteiger partial charge in [-0.25, -0.2) is 4.98 Å². The van der Waals surface area contributed by atoms with E-state index >= 15 is 0 Å². The van der Waals surface area contributed by atoms with Gasteiger partial charge in [0.2, 0.25) is 0 Å². The van der Waals surface area contributed by atoms with Gasteiger partial charge in [-0.15, -0.1) is 0 Å². The highest BCUT2D eigenvalue weighted by Crippen LogP contribution is 2.19. The molecule has 2 aromatic rings. The first-order valence-electron chi connectivity index (χ1n) is 7.40. The number of benzene rings is 1. The Morgan fingerprint density at radius 3 is 2.57 bits per heavy atom. The van der Waals surface area contributed by atoms with Crippen molar-refractivity contribution < 1.29 is 0 Å². The van der Waals surface area contributed by atoms with Crippen LogP contribution in [0.5, 0.6) is 0 Å². The quantitative estimate of drug-likeness (QED) is 0.886. The Labute approximate surface area is 127 Å². The van der Waals surface area contributed by atoms with Crippen molar-refractivity contribution in [3.8, 4) is 0 Å². The molecule has 1 N–H and O–H groups in total. The lowest BCUT2D eigenvalue weighted by Gasteiger charge is -2.21. The van der Waals surface area contributed by atoms with E-state index in [9.17, 15) is 0 Å². The van der Waals surface area contributed by atoms with Gasteiger partial charge in [0.05, 0.1) is 6.54 Å². The monoisotopic (exact) mass is 286 g/mol. The molecule has 0 spiro atoms. The van der Waals surface area contributed by atoms with Crippen molar-refractivity contribution in [3.63, 3.8) is 0 Å². The lowest BCUT2D eigenvalue weighted by Crippen LogP contribution is -2.19. The number of nitrogens with zero attached hydrogens (tertiary/aromatic N) is 3. The fourth-order valence-electron chi connectivity index (χ4n) is 2.42. The highest BCUT2D eigenvalue weighted by Gasteiger charge is 2.09. The number of H-pyrrole nitrogens is 1. The van der Waals surface area contributed by atoms with E-state index in [0.29, 0.717) is 6.04 Å². The minimum absolute atomic E-state index is 0.433. The molecule has 0 fully saturated rings. The van der Waals surface area contributed by atoms with Gasteiger partial charge in [0.1, 0.15) is 5.82 Å². The van der Waals surface area contributed by atoms with Gasteiger partial charge in [0.15, 0.2) is 0 Å². The Morgan fingerprint density at radius 2 is 1.95 bits per heavy atom. The number of imidazole rings is 1. The van der Waals surface area contributed by atoms with E-state index in [1.165, 1.54) is 11.1 Å². The Bertz CT molecular complexity index is 574. The molecule has 114 valence electrons. The summed E-state index contributed by atoms with van der Waals surface area (Å²) in [6, 6.07) is 9.27. The molecule has 4 nitrogen and oxygen atoms in total. The third kappa shape index (κ3) is 4.41. The van der Waals surface area contributed by atoms with E-state index in [4.69, 9.17) is 0 Å². The molecule has 1 aromatic heterocycles. The summed E-state index contributed by atoms with van der Waals surface area (Å²) in [4.78, 5) is 12.1. The molecule has 0 amide bonds. The Morgan fingerprint density at radius 1 is 1.19 bits per heavy atom. The minimum Gasteiger partial charge on any atom is -0.345 e. The predicted molar refractivity (Wildman–Crippen MR) is 87.0 cm³/mol. The third-order valence-corrected chi connectivity index (χ3v) is 3.84. The fourth-order valence-corrected chi connectivity index (χ4v) is 2.42. The predicted octanol–water partition coefficient (Wildman–Crippen LogP) is 2.97. The molecule has 0 aliphatic carbocycles. The van der Waals surface area contributed by atoms with Gasteiger partial charge in [-0.2, -0.15) is 0 Å². The van der Waals surface area contributed by atoms with Crippen LogP contribution < -0.4 is 0 Å². The topological polar surface area (TPSA) is 35.2 Å². The van der Waals surface area contributed by atoms with Crippen LogP contribution in [0.25, 0.3) is 0 Å². The van der Waals surface area contributed by atoms with Crippen molar-refractivity contribution in [1.82, 2.24) is 19.8 Å². The first-order chi connectivity index (χ1) is 9.95. The summed E-state index contributed by atoms with van der Waals surface area (Å²) in [5.41, 5.74) is 3.81. The van der Waals surface area contributed by atoms with Gasteiger partial charge in [-0.05, 0) is 46.1 Å². The van der Waals surface area contributed by atoms with Gasteiger partial charge in [0.25, 0.3) is 0 Å². The first-order valence-corrected chi connectivity index (χ1v) is 7.40. The van der Waals surface area contributed by atoms with E-state index in [1.807, 2.05) is 13.1 Å². The fraction of sp³-hybridized carbons (Fsp3) is 0.471. The zero-order chi connectivity index (χ0) is 15.4. The van der Waals surface area contributed by atoms with E-state index in [1.54, 1.807) is 0 Å². The number of hydrogen-bond acceptors (Lipinski definition) is 3. The average molecular weight is 286 g/mol. The maximum atomic E-state index is 4.36. The second kappa shape index (κ2) is 6.87. The van der Waals surface area contributed by atoms with Gasteiger partial charge in [0, 0.05) is 24.5 Å². The summed E-state index contributed by atoms with van der Waals surface area (Å²) in [7, 11) is 6.35. The number of nitrogens with one attached hydrogen (secondary N) is 1. The zero-order valence-corrected chi connectivity index (χ0v) is 13.7. The van der Waals surface area contributed by atoms with Crippen LogP contribution in [0.15, 0.2) is 30.5 Å². The summed E-state index contributed by atoms with van der Waals surface area (Å²) >= 11 is 0. The van der Waals surface area contributed by atoms with Gasteiger partial charge >= 0.3 is 0 Å². The SMILES string of the molecule is Cc1cnc(CN(C)Cc2cccc([C@@H](C)N(C)C)c2)[nH]1. The summed E-state index contributed by atoms with van der Waals surface area (Å²) in [5.74, 6) is 1.02. The number of aromatic amines is 1. The number of aryl methyl sites for hydroxylation is 1. The largest absolute Gasteiger partial charge is 0.345 e. The van der Waals surface area contributed by atoms with Gasteiger partial charge in [-0.1, -0.05) is 24.3 Å². The molecule has 21 heavy (non-hydrogen) atoms. The number of aromatic nitrogens is 2. The van der Waals surface area contributed by atoms with Gasteiger partial charge < -0.3 is 9.88 Å². The highest BCUT2D eigenvalue weighted by molar-refractivity contribution is 5.25. The molecule has 0 aliphatic rings. The van der Waals surface area contributed by atoms with Crippen molar-refractivity contribution in [1.29, 1.82) is 0 Å². The second-order valence-corrected chi connectivity index (χ2v) is 6.07. The molecular weight excluding hydrogens is 260 g/mol. The molecule has 2 rings (SSSR count). The van der Waals surface area contributed by atoms with E-state index in [0.717, 1.165) is 24.6 Å². The Hall–Kier alpha value is -1.65. The maximum Gasteiger partial charge on any atom is 0.120 e. The maximum absolute atomic E-state index is 4.36. The normalized spacial score (nSPS) is 13.1. The van der Waals surface area contributed by atoms with E-state index in [-0.39, 0.29) is 0 Å². The average Bonchev–Trinajstić information content (AvgIpc) is 2.83. The molecule has 1 aromatic carbocycles. The first kappa shape index (κ1) is 15.7. The molecule has 0 saturated carbocycles. The number of hydrogen-bond donors (Lipinski definition) is 1. The molecule has 1 atom stereocenters. The smallest absolute Gasteiger partial charge is 0.120 e. The third-order valence-electron chi connectivity index (χ3n) is 3.84. The molecule has 1 heterocycles. The summed E-state index contributed by atoms with van der Waals surface area (Å²) in [6.45, 7) is 6.02. The molecule has 0 saturated heterocycles. The molecule has 0 radical (unpaired) electrons. The lowest BCUT2D eigenvalue weighted by atomic mass is 10.0. The van der Waals surface area contributed by atoms with Crippen molar-refractivity contribution in [2.75, 3.05) is 21.1 Å². The van der Waals surface area contributed by atoms with Crippen LogP contribution in [-0.2, 0) is 13.1 Å². The molecule has 4 heteroatoms. The second-order valence-electron chi connectivity index (χ2n) is 6.07. The van der Waals surface area contributed by atoms with Crippen LogP contribution in [-0.4, -0.2) is 40.9 Å². The number of rotatable bonds is 6. The van der Waals surface area contributed by atoms with Crippen molar-refractivity contribution in [3.05, 3.63) is 53.1 Å². The van der Waals surface area contributed by atoms with Crippen molar-refractivity contribution in [2.24, 2.45) is 0 Å². The Balaban J connectivity index is 2.00. The van der Waals surface area contributed by atoms with Crippen LogP contribution in [0.4, 0.5) is 0 Å². The van der Waals surface area contributed by atoms with Crippen LogP contribution in [0, 0.1) is 6.92 Å². The van der Waals surface area contributed by atoms with Crippen LogP contribution in [0.2, 0.25) is 0 Å². The summed E-state index contributed by atoms with van der Waals surface area (Å²) < 4.78 is 0. The molecule has 0 unspecified atom stereocenters. The zero-order valence-electron chi connectivity index (χ0n) is 13.7. The summed E-state index contributed by atoms with van der Waals surface area (Å²) in [5, 5.41) is 0. The molecule has 0 bridgehead atoms. The van der Waals surface area contributed by atoms with Crippen LogP contribution in [0.3, 0.4) is 0 Å². The van der Waals surface area contributed by atoms with Crippen molar-refractivity contribution >= 4 is 0 Å². The Kier molecular flexibility index (Phi) is 5.15. The van der Waals surface area contributed by atoms with Crippen LogP contribution in [0.1, 0.15) is 35.6 Å². The summed E-state index contributed by atoms with van der Waals surface area (Å²) in [6.07, 6.45) is 1.88. The van der Waals surface area contributed by atoms with Crippen molar-refractivity contribution in [2.45, 2.75) is 33.0 Å². The molecular formula is C17H26N4. The van der Waals surface area contributed by atoms with E-state index in [2.05, 4.69) is 72.1 Å². The van der Waals surface area contributed by atoms with Gasteiger partial charge in [-0.3, -0.25) is 4.90 Å². The minimum atomic E-state index is 0.433. The highest BCUT2D eigenvalue weighted by atomic mass is 15.1. The molecule has 0 aliphatic heterocycles. The van der Waals surface area contributed by atoms with E-state index < -0.39 is 0 Å².